The zero-order valence-electron chi connectivity index (χ0n) is 72.1. The molecule has 0 amide bonds. The van der Waals surface area contributed by atoms with E-state index in [2.05, 4.69) is 5.32 Å². The summed E-state index contributed by atoms with van der Waals surface area (Å²) in [6.07, 6.45) is -93.1. The maximum Gasteiger partial charge on any atom is 0.342 e. The summed E-state index contributed by atoms with van der Waals surface area (Å²) in [4.78, 5) is 33.9. The Morgan fingerprint density at radius 1 is 0.339 bits per heavy atom. The average Bonchev–Trinajstić information content (AvgIpc) is 0.736. The third-order valence-corrected chi connectivity index (χ3v) is 33.5. The molecule has 2 rings (SSSR count). The van der Waals surface area contributed by atoms with Crippen LogP contribution in [0.15, 0.2) is 24.3 Å². The van der Waals surface area contributed by atoms with Gasteiger partial charge in [0.1, 0.15) is 23.5 Å². The van der Waals surface area contributed by atoms with Gasteiger partial charge in [-0.15, -0.1) is 11.8 Å². The van der Waals surface area contributed by atoms with Crippen LogP contribution in [0.3, 0.4) is 0 Å². The first-order valence-corrected chi connectivity index (χ1v) is 46.7. The highest BCUT2D eigenvalue weighted by molar-refractivity contribution is 14.2. The van der Waals surface area contributed by atoms with E-state index in [0.717, 1.165) is 7.06 Å². The number of para-hydroxylation sites is 1. The van der Waals surface area contributed by atoms with Gasteiger partial charge in [0, 0.05) is 736 Å². The van der Waals surface area contributed by atoms with Gasteiger partial charge in [-0.05, 0) is 12.1 Å². The molecule has 1 aliphatic heterocycles. The minimum Gasteiger partial charge on any atom is -0.480 e. The second-order valence-corrected chi connectivity index (χ2v) is 45.2. The topological polar surface area (TPSA) is 102 Å². The number of hydrogen-bond donors (Lipinski definition) is 2. The van der Waals surface area contributed by atoms with Gasteiger partial charge >= 0.3 is 17.9 Å². The summed E-state index contributed by atoms with van der Waals surface area (Å²) in [5.41, 5.74) is 0.131. The third kappa shape index (κ3) is 36.1. The Morgan fingerprint density at radius 3 is 0.709 bits per heavy atom. The van der Waals surface area contributed by atoms with Crippen LogP contribution in [0, 0.1) is 0 Å². The van der Waals surface area contributed by atoms with E-state index >= 15 is 0 Å². The molecule has 0 bridgehead atoms. The Hall–Kier alpha value is 5.66. The number of carbonyl (C=O) groups excluding carboxylic acids is 2. The molecule has 105 radical (unpaired) electrons. The molecular formula is C14H15B103INO6PS. The maximum absolute atomic E-state index is 12.1. The number of ether oxygens (including phenoxy) is 2. The average molecular weight is 1600 g/mol. The highest BCUT2D eigenvalue weighted by atomic mass is 127. The van der Waals surface area contributed by atoms with Crippen molar-refractivity contribution in [2.75, 3.05) is 6.54 Å². The number of carbonyl (C=O) groups is 3. The van der Waals surface area contributed by atoms with Crippen molar-refractivity contribution in [2.45, 2.75) is 25.5 Å². The standard InChI is InChI=1S/C14H15NO6.B103IPS/c1-8(16)20-12-5-3-2-4-10(12)14(19)21-9-6-11(13(17)18)15-7-9;1-53-79(52)92(78(50)51)99(93(80(54(2)3)55(4)5)81(56(6)7)57(8)9)102(98(90(74(42)43)75(44)45)91(76(46)47)77(48)49)105(104,106)103(100(94(82(58(10)11)59(12)13)83(60(14)15)61(16)17)95(84(62(18)19)63(20)21)85(64(22)23)65(24)25)101(96(86(66(26)27)67(28)29)87(68(30)31)69(32)33)97(88(70(34)35)71(36)37)89(72(38)39)73(40)41/h2-5,9,11,15H,6-7H2,1H3,(H,17,18);/t9?,11-;/m0./s1. The van der Waals surface area contributed by atoms with E-state index in [1.807, 2.05) is 22.0 Å². The number of aliphatic carboxylic acids is 1. The first-order valence-electron chi connectivity index (χ1n) is 41.0. The van der Waals surface area contributed by atoms with Crippen molar-refractivity contribution in [2.24, 2.45) is 0 Å². The number of hydrogen-bond acceptors (Lipinski definition) is 7. The van der Waals surface area contributed by atoms with Gasteiger partial charge in [-0.3, -0.25) is 9.59 Å². The Kier molecular flexibility index (Phi) is 62.3. The number of halogens is 1. The summed E-state index contributed by atoms with van der Waals surface area (Å²) < 4.78 is 4.87. The number of nitrogens with one attached hydrogen (secondary N) is 1. The SMILES string of the molecule is CC(=O)Oc1ccccc1C(=O)OC1CN[C@H](C(=O)O)C1.[B][B]B([B])B(B([B])[B])B(B(B(B([B])[B])B([B])[B])B(B([B])[B])B([B])[B])B(B(B(B([B])[B])B([B])[B])B(B([B])[B])B([B])[B])P(=S)(I)B(B(B(B(B([B])[B])B([B])[B])B(B([B])[B])B([B])[B])B(B(B([B])[B])B([B])[B])B(B([B])[B])B([B])[B])B(B(B(B([B])[B])B([B])[B])B(B([B])[B])B([B])[B])B(B(B([B])[B])B([B])[B])B(B([B])[B])B([B])[B]. The molecule has 2 unspecified atom stereocenters. The van der Waals surface area contributed by atoms with Crippen LogP contribution in [0.4, 0.5) is 0 Å². The van der Waals surface area contributed by atoms with Crippen LogP contribution in [0.1, 0.15) is 23.7 Å². The molecule has 1 saturated heterocycles. The van der Waals surface area contributed by atoms with Gasteiger partial charge in [-0.25, -0.2) is 4.79 Å². The van der Waals surface area contributed by atoms with Gasteiger partial charge in [-0.2, -0.15) is 0 Å². The molecule has 0 spiro atoms. The van der Waals surface area contributed by atoms with Crippen LogP contribution in [0.5, 0.6) is 5.75 Å². The number of benzene rings is 1. The predicted octanol–water partition coefficient (Wildman–Crippen LogP) is -36.9. The van der Waals surface area contributed by atoms with Crippen LogP contribution < -0.4 is 10.1 Å². The molecule has 0 aliphatic carbocycles. The number of rotatable bonds is 55. The van der Waals surface area contributed by atoms with Gasteiger partial charge in [0.2, 0.25) is 0 Å². The molecule has 2 N–H and O–H groups in total. The summed E-state index contributed by atoms with van der Waals surface area (Å²) >= 11 is 10.1. The smallest absolute Gasteiger partial charge is 0.342 e. The third-order valence-electron chi connectivity index (χ3n) is 25.2. The van der Waals surface area contributed by atoms with Crippen molar-refractivity contribution in [3.05, 3.63) is 29.8 Å². The Labute approximate surface area is 875 Å². The Bertz CT molecular complexity index is 2920. The van der Waals surface area contributed by atoms with Gasteiger partial charge in [-0.1, -0.05) is 37.6 Å². The van der Waals surface area contributed by atoms with Crippen LogP contribution in [-0.4, -0.2) is 770 Å². The molecular weight excluding hydrogens is 1580 g/mol. The number of esters is 2. The van der Waals surface area contributed by atoms with E-state index in [0.29, 0.717) is 0 Å². The lowest BCUT2D eigenvalue weighted by atomic mass is 8.26. The molecule has 1 aliphatic rings. The molecule has 1 aromatic rings. The second-order valence-electron chi connectivity index (χ2n) is 34.2. The van der Waals surface area contributed by atoms with Crippen molar-refractivity contribution >= 4 is 783 Å². The zero-order chi connectivity index (χ0) is 99.5. The largest absolute Gasteiger partial charge is 0.480 e. The van der Waals surface area contributed by atoms with Crippen LogP contribution in [-0.2, 0) is 26.1 Å². The van der Waals surface area contributed by atoms with Crippen molar-refractivity contribution < 1.29 is 29.0 Å². The fourth-order valence-electron chi connectivity index (χ4n) is 20.6. The first kappa shape index (κ1) is 131. The molecule has 3 atom stereocenters. The van der Waals surface area contributed by atoms with E-state index in [9.17, 15) is 14.4 Å². The van der Waals surface area contributed by atoms with Crippen LogP contribution in [0.25, 0.3) is 0 Å². The fraction of sp³-hybridized carbons (Fsp3) is 0.357. The minimum absolute atomic E-state index is 0.121. The van der Waals surface area contributed by atoms with Crippen LogP contribution in [0.2, 0.25) is 0 Å². The predicted molar refractivity (Wildman–Crippen MR) is 692 cm³/mol. The normalized spacial score (nSPS) is 12.2. The van der Waals surface area contributed by atoms with Crippen molar-refractivity contribution in [3.63, 3.8) is 0 Å². The van der Waals surface area contributed by atoms with Crippen molar-refractivity contribution in [1.29, 1.82) is 0 Å². The highest BCUT2D eigenvalue weighted by Gasteiger charge is 2.70. The lowest BCUT2D eigenvalue weighted by Gasteiger charge is -2.62. The van der Waals surface area contributed by atoms with Crippen LogP contribution >= 0.6 is 25.5 Å². The molecule has 1 heterocycles. The van der Waals surface area contributed by atoms with Crippen molar-refractivity contribution in [3.8, 4) is 5.75 Å². The fourth-order valence-corrected chi connectivity index (χ4v) is 30.6. The van der Waals surface area contributed by atoms with Gasteiger partial charge < -0.3 is 19.9 Å². The monoisotopic (exact) mass is 1620 g/mol. The van der Waals surface area contributed by atoms with E-state index < -0.39 is 352 Å². The zero-order valence-corrected chi connectivity index (χ0v) is 75.9. The minimum atomic E-state index is -5.31. The highest BCUT2D eigenvalue weighted by Crippen LogP contribution is 2.64. The van der Waals surface area contributed by atoms with E-state index in [-0.39, 0.29) is 24.3 Å². The van der Waals surface area contributed by atoms with E-state index in [1.165, 1.54) is 19.1 Å². The number of carboxylic acid groups (broad SMARTS) is 1. The summed E-state index contributed by atoms with van der Waals surface area (Å²) in [5, 5.41) is 11.6. The lowest BCUT2D eigenvalue weighted by Crippen LogP contribution is -2.96. The lowest BCUT2D eigenvalue weighted by molar-refractivity contribution is -0.139. The van der Waals surface area contributed by atoms with E-state index in [4.69, 9.17) is 429 Å². The van der Waals surface area contributed by atoms with Gasteiger partial charge in [0.15, 0.2) is 0 Å². The Morgan fingerprint density at radius 2 is 0.528 bits per heavy atom. The summed E-state index contributed by atoms with van der Waals surface area (Å²) in [6.45, 7) is 1.51. The summed E-state index contributed by atoms with van der Waals surface area (Å²) in [5.74, 6) is -2.04. The quantitative estimate of drug-likeness (QED) is 0.0219. The second kappa shape index (κ2) is 60.6. The molecule has 0 aromatic heterocycles. The molecule has 113 heteroatoms. The molecule has 127 heavy (non-hydrogen) atoms. The summed E-state index contributed by atoms with van der Waals surface area (Å²) in [7, 11) is 371. The van der Waals surface area contributed by atoms with Gasteiger partial charge in [0.25, 0.3) is 0 Å². The van der Waals surface area contributed by atoms with E-state index in [1.54, 1.807) is 12.1 Å². The summed E-state index contributed by atoms with van der Waals surface area (Å²) in [6, 6.07) is 5.51. The molecule has 1 aromatic carbocycles. The molecule has 1 fully saturated rings. The molecule has 439 valence electrons. The Balaban J connectivity index is 0.00000331. The molecule has 7 nitrogen and oxygen atoms in total. The number of carboxylic acids is 1. The maximum atomic E-state index is 12.1. The van der Waals surface area contributed by atoms with Gasteiger partial charge in [0.05, 0.1) is 12.4 Å². The van der Waals surface area contributed by atoms with Crippen molar-refractivity contribution in [1.82, 2.24) is 5.32 Å². The first-order chi connectivity index (χ1) is 58.1. The molecule has 0 saturated carbocycles.